The summed E-state index contributed by atoms with van der Waals surface area (Å²) >= 11 is 1.46. The maximum Gasteiger partial charge on any atom is 0.326 e. The van der Waals surface area contributed by atoms with Crippen molar-refractivity contribution in [3.63, 3.8) is 0 Å². The summed E-state index contributed by atoms with van der Waals surface area (Å²) in [6.45, 7) is 0.0411. The van der Waals surface area contributed by atoms with Gasteiger partial charge in [0.1, 0.15) is 18.1 Å². The number of hydrogen-bond donors (Lipinski definition) is 7. The first kappa shape index (κ1) is 27.5. The molecule has 1 saturated heterocycles. The number of fused-ring (bicyclic) bond motifs is 1. The van der Waals surface area contributed by atoms with E-state index in [0.29, 0.717) is 18.7 Å². The van der Waals surface area contributed by atoms with Gasteiger partial charge in [-0.3, -0.25) is 14.4 Å². The monoisotopic (exact) mass is 519 g/mol. The van der Waals surface area contributed by atoms with Crippen LogP contribution in [0.4, 0.5) is 0 Å². The lowest BCUT2D eigenvalue weighted by Crippen LogP contribution is -2.58. The second-order valence-corrected chi connectivity index (χ2v) is 9.68. The van der Waals surface area contributed by atoms with Gasteiger partial charge in [0.2, 0.25) is 17.7 Å². The number of H-pyrrole nitrogens is 1. The molecule has 36 heavy (non-hydrogen) atoms. The van der Waals surface area contributed by atoms with E-state index in [1.807, 2.05) is 30.5 Å². The summed E-state index contributed by atoms with van der Waals surface area (Å²) in [6.07, 6.45) is 5.33. The van der Waals surface area contributed by atoms with E-state index >= 15 is 0 Å². The summed E-state index contributed by atoms with van der Waals surface area (Å²) in [5.41, 5.74) is 1.60. The Labute approximate surface area is 213 Å². The molecule has 0 saturated carbocycles. The number of nitrogens with one attached hydrogen (secondary N) is 5. The highest BCUT2D eigenvalue weighted by atomic mass is 32.2. The molecule has 196 valence electrons. The van der Waals surface area contributed by atoms with E-state index in [0.717, 1.165) is 22.9 Å². The van der Waals surface area contributed by atoms with Crippen LogP contribution in [0.15, 0.2) is 30.5 Å². The first-order chi connectivity index (χ1) is 17.3. The molecule has 2 aromatic rings. The van der Waals surface area contributed by atoms with Crippen molar-refractivity contribution in [1.82, 2.24) is 26.3 Å². The van der Waals surface area contributed by atoms with E-state index < -0.39 is 54.5 Å². The normalized spacial score (nSPS) is 17.8. The molecule has 1 aliphatic heterocycles. The number of aromatic amines is 1. The predicted octanol–water partition coefficient (Wildman–Crippen LogP) is -0.253. The van der Waals surface area contributed by atoms with E-state index in [-0.39, 0.29) is 12.8 Å². The Morgan fingerprint density at radius 1 is 1.08 bits per heavy atom. The molecule has 11 nitrogen and oxygen atoms in total. The number of para-hydroxylation sites is 1. The predicted molar refractivity (Wildman–Crippen MR) is 137 cm³/mol. The number of aliphatic carboxylic acids is 1. The minimum atomic E-state index is -1.26. The minimum absolute atomic E-state index is 0.0761. The van der Waals surface area contributed by atoms with Gasteiger partial charge in [0, 0.05) is 23.5 Å². The van der Waals surface area contributed by atoms with Crippen LogP contribution in [-0.4, -0.2) is 88.2 Å². The molecular weight excluding hydrogens is 486 g/mol. The molecule has 4 atom stereocenters. The van der Waals surface area contributed by atoms with Crippen molar-refractivity contribution >= 4 is 46.4 Å². The van der Waals surface area contributed by atoms with Crippen molar-refractivity contribution in [3.05, 3.63) is 36.0 Å². The van der Waals surface area contributed by atoms with Crippen LogP contribution in [0.25, 0.3) is 10.9 Å². The number of carbonyl (C=O) groups is 4. The van der Waals surface area contributed by atoms with Gasteiger partial charge in [0.05, 0.1) is 12.6 Å². The molecule has 3 rings (SSSR count). The average Bonchev–Trinajstić information content (AvgIpc) is 3.55. The number of benzene rings is 1. The molecule has 0 bridgehead atoms. The molecule has 1 aliphatic rings. The minimum Gasteiger partial charge on any atom is -0.480 e. The van der Waals surface area contributed by atoms with E-state index in [9.17, 15) is 29.4 Å². The van der Waals surface area contributed by atoms with Crippen LogP contribution in [0.3, 0.4) is 0 Å². The fourth-order valence-corrected chi connectivity index (χ4v) is 4.61. The molecule has 1 aromatic carbocycles. The quantitative estimate of drug-likeness (QED) is 0.190. The van der Waals surface area contributed by atoms with Crippen LogP contribution in [0.5, 0.6) is 0 Å². The van der Waals surface area contributed by atoms with Gasteiger partial charge in [-0.25, -0.2) is 4.79 Å². The van der Waals surface area contributed by atoms with E-state index in [1.165, 1.54) is 11.8 Å². The van der Waals surface area contributed by atoms with Gasteiger partial charge in [0.15, 0.2) is 0 Å². The zero-order valence-corrected chi connectivity index (χ0v) is 20.9. The Morgan fingerprint density at radius 3 is 2.47 bits per heavy atom. The number of aromatic nitrogens is 1. The molecule has 1 fully saturated rings. The molecule has 1 aromatic heterocycles. The van der Waals surface area contributed by atoms with Gasteiger partial charge in [-0.05, 0) is 49.4 Å². The number of hydrogen-bond acceptors (Lipinski definition) is 7. The van der Waals surface area contributed by atoms with Crippen molar-refractivity contribution in [2.75, 3.05) is 25.2 Å². The topological polar surface area (TPSA) is 173 Å². The van der Waals surface area contributed by atoms with Gasteiger partial charge in [0.25, 0.3) is 0 Å². The zero-order valence-electron chi connectivity index (χ0n) is 20.1. The summed E-state index contributed by atoms with van der Waals surface area (Å²) in [5, 5.41) is 30.9. The summed E-state index contributed by atoms with van der Waals surface area (Å²) in [6, 6.07) is 3.52. The summed E-state index contributed by atoms with van der Waals surface area (Å²) in [7, 11) is 0. The number of aliphatic hydroxyl groups is 1. The Hall–Kier alpha value is -3.09. The highest BCUT2D eigenvalue weighted by Gasteiger charge is 2.31. The second-order valence-electron chi connectivity index (χ2n) is 8.70. The van der Waals surface area contributed by atoms with Gasteiger partial charge >= 0.3 is 5.97 Å². The third kappa shape index (κ3) is 7.21. The van der Waals surface area contributed by atoms with Gasteiger partial charge in [-0.1, -0.05) is 18.2 Å². The van der Waals surface area contributed by atoms with Crippen molar-refractivity contribution in [1.29, 1.82) is 0 Å². The SMILES string of the molecule is CSCCC(NC(=O)C(Cc1c[nH]c2ccccc12)NC(=O)C(CO)NC(=O)C1CCCN1)C(=O)O. The number of amides is 3. The highest BCUT2D eigenvalue weighted by molar-refractivity contribution is 7.98. The number of carboxylic acid groups (broad SMARTS) is 1. The molecule has 12 heteroatoms. The van der Waals surface area contributed by atoms with Crippen molar-refractivity contribution < 1.29 is 29.4 Å². The van der Waals surface area contributed by atoms with Crippen LogP contribution in [0.2, 0.25) is 0 Å². The number of carbonyl (C=O) groups excluding carboxylic acids is 3. The molecule has 7 N–H and O–H groups in total. The van der Waals surface area contributed by atoms with Crippen LogP contribution >= 0.6 is 11.8 Å². The average molecular weight is 520 g/mol. The van der Waals surface area contributed by atoms with Gasteiger partial charge < -0.3 is 36.5 Å². The van der Waals surface area contributed by atoms with Gasteiger partial charge in [-0.2, -0.15) is 11.8 Å². The highest BCUT2D eigenvalue weighted by Crippen LogP contribution is 2.19. The number of thioether (sulfide) groups is 1. The van der Waals surface area contributed by atoms with Crippen molar-refractivity contribution in [3.8, 4) is 0 Å². The standard InChI is InChI=1S/C24H33N5O6S/c1-36-10-8-18(24(34)35)27-22(32)19(11-14-12-26-16-6-3-2-5-15(14)16)28-23(33)20(13-30)29-21(31)17-7-4-9-25-17/h2-3,5-6,12,17-20,25-26,30H,4,7-11,13H2,1H3,(H,27,32)(H,28,33)(H,29,31)(H,34,35). The Balaban J connectivity index is 1.77. The molecule has 3 amide bonds. The number of aliphatic hydroxyl groups excluding tert-OH is 1. The fourth-order valence-electron chi connectivity index (χ4n) is 4.14. The lowest BCUT2D eigenvalue weighted by Gasteiger charge is -2.24. The van der Waals surface area contributed by atoms with Crippen LogP contribution in [-0.2, 0) is 25.6 Å². The molecule has 4 unspecified atom stereocenters. The lowest BCUT2D eigenvalue weighted by molar-refractivity contribution is -0.142. The van der Waals surface area contributed by atoms with Gasteiger partial charge in [-0.15, -0.1) is 0 Å². The maximum atomic E-state index is 13.2. The van der Waals surface area contributed by atoms with Crippen molar-refractivity contribution in [2.45, 2.75) is 49.9 Å². The summed E-state index contributed by atoms with van der Waals surface area (Å²) < 4.78 is 0. The Morgan fingerprint density at radius 2 is 1.81 bits per heavy atom. The first-order valence-corrected chi connectivity index (χ1v) is 13.3. The molecule has 2 heterocycles. The van der Waals surface area contributed by atoms with E-state index in [1.54, 1.807) is 6.20 Å². The zero-order chi connectivity index (χ0) is 26.1. The second kappa shape index (κ2) is 13.3. The first-order valence-electron chi connectivity index (χ1n) is 11.9. The van der Waals surface area contributed by atoms with Crippen molar-refractivity contribution in [2.24, 2.45) is 0 Å². The van der Waals surface area contributed by atoms with Crippen LogP contribution in [0, 0.1) is 0 Å². The summed E-state index contributed by atoms with van der Waals surface area (Å²) in [4.78, 5) is 53.4. The number of rotatable bonds is 13. The molecule has 0 spiro atoms. The smallest absolute Gasteiger partial charge is 0.326 e. The molecule has 0 aliphatic carbocycles. The van der Waals surface area contributed by atoms with Crippen LogP contribution < -0.4 is 21.3 Å². The third-order valence-electron chi connectivity index (χ3n) is 6.15. The Kier molecular flexibility index (Phi) is 10.1. The largest absolute Gasteiger partial charge is 0.480 e. The lowest BCUT2D eigenvalue weighted by atomic mass is 10.0. The van der Waals surface area contributed by atoms with E-state index in [4.69, 9.17) is 0 Å². The fraction of sp³-hybridized carbons (Fsp3) is 0.500. The maximum absolute atomic E-state index is 13.2. The Bertz CT molecular complexity index is 1070. The summed E-state index contributed by atoms with van der Waals surface area (Å²) in [5.74, 6) is -2.44. The van der Waals surface area contributed by atoms with E-state index in [2.05, 4.69) is 26.3 Å². The third-order valence-corrected chi connectivity index (χ3v) is 6.79. The molecular formula is C24H33N5O6S. The number of carboxylic acids is 1. The van der Waals surface area contributed by atoms with Crippen LogP contribution in [0.1, 0.15) is 24.8 Å². The molecule has 0 radical (unpaired) electrons.